The Balaban J connectivity index is 1.81. The highest BCUT2D eigenvalue weighted by atomic mass is 32.2. The highest BCUT2D eigenvalue weighted by Gasteiger charge is 2.15. The number of carbonyl (C=O) groups is 1. The van der Waals surface area contributed by atoms with Gasteiger partial charge in [0.1, 0.15) is 5.75 Å². The number of carbonyl (C=O) groups excluding carboxylic acids is 1. The quantitative estimate of drug-likeness (QED) is 0.724. The van der Waals surface area contributed by atoms with Crippen molar-refractivity contribution in [2.24, 2.45) is 0 Å². The van der Waals surface area contributed by atoms with Crippen LogP contribution in [0.5, 0.6) is 5.75 Å². The second-order valence-corrected chi connectivity index (χ2v) is 6.24. The van der Waals surface area contributed by atoms with Crippen LogP contribution in [0.1, 0.15) is 49.4 Å². The minimum atomic E-state index is 0.235. The third-order valence-electron chi connectivity index (χ3n) is 3.49. The fourth-order valence-electron chi connectivity index (χ4n) is 2.41. The van der Waals surface area contributed by atoms with Crippen molar-refractivity contribution in [1.82, 2.24) is 0 Å². The van der Waals surface area contributed by atoms with E-state index in [0.29, 0.717) is 17.6 Å². The van der Waals surface area contributed by atoms with E-state index in [-0.39, 0.29) is 5.78 Å². The van der Waals surface area contributed by atoms with Crippen molar-refractivity contribution in [3.8, 4) is 5.75 Å². The Kier molecular flexibility index (Phi) is 5.77. The zero-order chi connectivity index (χ0) is 13.5. The van der Waals surface area contributed by atoms with Gasteiger partial charge in [0, 0.05) is 10.8 Å². The van der Waals surface area contributed by atoms with Crippen molar-refractivity contribution >= 4 is 17.5 Å². The second kappa shape index (κ2) is 7.59. The predicted octanol–water partition coefficient (Wildman–Crippen LogP) is 4.33. The molecule has 0 saturated heterocycles. The maximum Gasteiger partial charge on any atom is 0.172 e. The molecule has 0 heterocycles. The molecule has 0 amide bonds. The largest absolute Gasteiger partial charge is 0.494 e. The van der Waals surface area contributed by atoms with Gasteiger partial charge in [-0.05, 0) is 44.0 Å². The lowest BCUT2D eigenvalue weighted by Crippen LogP contribution is -2.12. The van der Waals surface area contributed by atoms with Gasteiger partial charge in [0.25, 0.3) is 0 Å². The van der Waals surface area contributed by atoms with Crippen LogP contribution in [0, 0.1) is 0 Å². The van der Waals surface area contributed by atoms with Crippen LogP contribution in [0.4, 0.5) is 0 Å². The number of hydrogen-bond acceptors (Lipinski definition) is 3. The molecule has 19 heavy (non-hydrogen) atoms. The maximum absolute atomic E-state index is 12.1. The molecule has 0 radical (unpaired) electrons. The highest BCUT2D eigenvalue weighted by Crippen LogP contribution is 2.28. The topological polar surface area (TPSA) is 26.3 Å². The monoisotopic (exact) mass is 278 g/mol. The maximum atomic E-state index is 12.1. The fraction of sp³-hybridized carbons (Fsp3) is 0.562. The number of benzene rings is 1. The Morgan fingerprint density at radius 2 is 1.89 bits per heavy atom. The number of Topliss-reactive ketones (excluding diaryl/α,β-unsaturated/α-hetero) is 1. The molecule has 0 N–H and O–H groups in total. The van der Waals surface area contributed by atoms with Gasteiger partial charge in [-0.15, -0.1) is 0 Å². The molecule has 1 aliphatic carbocycles. The molecule has 2 rings (SSSR count). The van der Waals surface area contributed by atoms with E-state index in [1.54, 1.807) is 0 Å². The molecule has 1 fully saturated rings. The average Bonchev–Trinajstić information content (AvgIpc) is 2.47. The van der Waals surface area contributed by atoms with Crippen molar-refractivity contribution in [3.05, 3.63) is 29.8 Å². The van der Waals surface area contributed by atoms with Crippen LogP contribution in [0.3, 0.4) is 0 Å². The predicted molar refractivity (Wildman–Crippen MR) is 81.3 cm³/mol. The Morgan fingerprint density at radius 1 is 1.21 bits per heavy atom. The molecule has 0 spiro atoms. The van der Waals surface area contributed by atoms with E-state index in [0.717, 1.165) is 11.3 Å². The molecule has 2 nitrogen and oxygen atoms in total. The summed E-state index contributed by atoms with van der Waals surface area (Å²) < 4.78 is 5.38. The molecular weight excluding hydrogens is 256 g/mol. The molecular formula is C16H22O2S. The fourth-order valence-corrected chi connectivity index (χ4v) is 3.63. The molecule has 1 aliphatic rings. The van der Waals surface area contributed by atoms with Gasteiger partial charge in [-0.3, -0.25) is 4.79 Å². The molecule has 1 saturated carbocycles. The molecule has 1 aromatic carbocycles. The van der Waals surface area contributed by atoms with Gasteiger partial charge in [0.2, 0.25) is 0 Å². The van der Waals surface area contributed by atoms with E-state index in [1.165, 1.54) is 32.1 Å². The molecule has 0 aromatic heterocycles. The zero-order valence-electron chi connectivity index (χ0n) is 11.6. The van der Waals surface area contributed by atoms with E-state index < -0.39 is 0 Å². The van der Waals surface area contributed by atoms with E-state index in [4.69, 9.17) is 4.74 Å². The first kappa shape index (κ1) is 14.4. The molecule has 0 aliphatic heterocycles. The summed E-state index contributed by atoms with van der Waals surface area (Å²) in [5.41, 5.74) is 0.798. The summed E-state index contributed by atoms with van der Waals surface area (Å²) in [5.74, 6) is 1.68. The van der Waals surface area contributed by atoms with Gasteiger partial charge in [0.15, 0.2) is 5.78 Å². The van der Waals surface area contributed by atoms with Crippen molar-refractivity contribution in [2.75, 3.05) is 12.4 Å². The summed E-state index contributed by atoms with van der Waals surface area (Å²) in [4.78, 5) is 12.1. The summed E-state index contributed by atoms with van der Waals surface area (Å²) >= 11 is 1.83. The number of hydrogen-bond donors (Lipinski definition) is 0. The first-order chi connectivity index (χ1) is 9.29. The third-order valence-corrected chi connectivity index (χ3v) is 4.86. The van der Waals surface area contributed by atoms with Crippen LogP contribution in [0.25, 0.3) is 0 Å². The summed E-state index contributed by atoms with van der Waals surface area (Å²) in [6.07, 6.45) is 6.58. The number of thioether (sulfide) groups is 1. The highest BCUT2D eigenvalue weighted by molar-refractivity contribution is 8.00. The van der Waals surface area contributed by atoms with Crippen LogP contribution < -0.4 is 4.74 Å². The molecule has 0 bridgehead atoms. The normalized spacial score (nSPS) is 16.3. The van der Waals surface area contributed by atoms with E-state index in [2.05, 4.69) is 0 Å². The van der Waals surface area contributed by atoms with Crippen molar-refractivity contribution in [3.63, 3.8) is 0 Å². The molecule has 104 valence electrons. The SMILES string of the molecule is CCOc1ccc(C(=O)CSC2CCCCC2)cc1. The summed E-state index contributed by atoms with van der Waals surface area (Å²) in [6, 6.07) is 7.49. The van der Waals surface area contributed by atoms with Crippen molar-refractivity contribution in [1.29, 1.82) is 0 Å². The van der Waals surface area contributed by atoms with Crippen LogP contribution in [0.15, 0.2) is 24.3 Å². The lowest BCUT2D eigenvalue weighted by Gasteiger charge is -2.20. The van der Waals surface area contributed by atoms with Crippen molar-refractivity contribution in [2.45, 2.75) is 44.3 Å². The summed E-state index contributed by atoms with van der Waals surface area (Å²) in [5, 5.41) is 0.695. The number of ether oxygens (including phenoxy) is 1. The Morgan fingerprint density at radius 3 is 2.53 bits per heavy atom. The smallest absolute Gasteiger partial charge is 0.172 e. The molecule has 1 aromatic rings. The molecule has 0 atom stereocenters. The number of ketones is 1. The van der Waals surface area contributed by atoms with E-state index >= 15 is 0 Å². The van der Waals surface area contributed by atoms with Crippen LogP contribution in [-0.2, 0) is 0 Å². The summed E-state index contributed by atoms with van der Waals surface area (Å²) in [6.45, 7) is 2.62. The van der Waals surface area contributed by atoms with Crippen LogP contribution >= 0.6 is 11.8 Å². The van der Waals surface area contributed by atoms with Gasteiger partial charge in [-0.1, -0.05) is 19.3 Å². The van der Waals surface area contributed by atoms with E-state index in [1.807, 2.05) is 43.0 Å². The van der Waals surface area contributed by atoms with Crippen molar-refractivity contribution < 1.29 is 9.53 Å². The first-order valence-electron chi connectivity index (χ1n) is 7.17. The Bertz CT molecular complexity index is 394. The Labute approximate surface area is 119 Å². The average molecular weight is 278 g/mol. The summed E-state index contributed by atoms with van der Waals surface area (Å²) in [7, 11) is 0. The van der Waals surface area contributed by atoms with Gasteiger partial charge in [-0.25, -0.2) is 0 Å². The minimum Gasteiger partial charge on any atom is -0.494 e. The number of rotatable bonds is 6. The van der Waals surface area contributed by atoms with Gasteiger partial charge in [-0.2, -0.15) is 11.8 Å². The zero-order valence-corrected chi connectivity index (χ0v) is 12.4. The standard InChI is InChI=1S/C16H22O2S/c1-2-18-14-10-8-13(9-11-14)16(17)12-19-15-6-4-3-5-7-15/h8-11,15H,2-7,12H2,1H3. The van der Waals surface area contributed by atoms with Gasteiger partial charge < -0.3 is 4.74 Å². The second-order valence-electron chi connectivity index (χ2n) is 4.95. The minimum absolute atomic E-state index is 0.235. The van der Waals surface area contributed by atoms with Crippen LogP contribution in [-0.4, -0.2) is 23.4 Å². The Hall–Kier alpha value is -0.960. The lowest BCUT2D eigenvalue weighted by atomic mass is 10.0. The van der Waals surface area contributed by atoms with E-state index in [9.17, 15) is 4.79 Å². The van der Waals surface area contributed by atoms with Crippen LogP contribution in [0.2, 0.25) is 0 Å². The molecule has 3 heteroatoms. The first-order valence-corrected chi connectivity index (χ1v) is 8.22. The third kappa shape index (κ3) is 4.57. The van der Waals surface area contributed by atoms with Gasteiger partial charge >= 0.3 is 0 Å². The molecule has 0 unspecified atom stereocenters. The lowest BCUT2D eigenvalue weighted by molar-refractivity contribution is 0.102. The van der Waals surface area contributed by atoms with Gasteiger partial charge in [0.05, 0.1) is 12.4 Å².